The number of anilines is 1. The fourth-order valence-electron chi connectivity index (χ4n) is 4.14. The van der Waals surface area contributed by atoms with Gasteiger partial charge in [-0.15, -0.1) is 5.10 Å². The number of nitrogens with two attached hydrogens (primary N) is 1. The van der Waals surface area contributed by atoms with Crippen molar-refractivity contribution in [2.24, 2.45) is 10.7 Å². The molecule has 1 aliphatic rings. The van der Waals surface area contributed by atoms with Crippen LogP contribution in [0.4, 0.5) is 5.69 Å². The topological polar surface area (TPSA) is 101 Å². The average Bonchev–Trinajstić information content (AvgIpc) is 3.08. The Labute approximate surface area is 182 Å². The molecule has 3 aromatic rings. The monoisotopic (exact) mass is 416 g/mol. The number of hydrogen-bond acceptors (Lipinski definition) is 6. The van der Waals surface area contributed by atoms with Crippen molar-refractivity contribution in [2.45, 2.75) is 32.4 Å². The van der Waals surface area contributed by atoms with Crippen molar-refractivity contribution < 1.29 is 5.11 Å². The molecule has 4 rings (SSSR count). The number of nitrogens with one attached hydrogen (secondary N) is 1. The molecule has 1 atom stereocenters. The van der Waals surface area contributed by atoms with Crippen LogP contribution in [-0.4, -0.2) is 40.0 Å². The molecule has 0 radical (unpaired) electrons. The highest BCUT2D eigenvalue weighted by atomic mass is 16.2. The van der Waals surface area contributed by atoms with Crippen molar-refractivity contribution in [1.29, 1.82) is 0 Å². The van der Waals surface area contributed by atoms with E-state index in [4.69, 9.17) is 10.8 Å². The van der Waals surface area contributed by atoms with Crippen LogP contribution in [-0.2, 0) is 13.0 Å². The van der Waals surface area contributed by atoms with E-state index in [-0.39, 0.29) is 12.6 Å². The van der Waals surface area contributed by atoms with Crippen molar-refractivity contribution in [3.05, 3.63) is 71.0 Å². The number of allylic oxidation sites excluding steroid dienone is 1. The molecule has 2 aromatic carbocycles. The zero-order valence-electron chi connectivity index (χ0n) is 17.9. The normalized spacial score (nSPS) is 16.1. The average molecular weight is 417 g/mol. The highest BCUT2D eigenvalue weighted by Crippen LogP contribution is 2.38. The molecule has 160 valence electrons. The van der Waals surface area contributed by atoms with Crippen LogP contribution in [0.15, 0.2) is 53.7 Å². The molecule has 31 heavy (non-hydrogen) atoms. The van der Waals surface area contributed by atoms with Gasteiger partial charge in [-0.2, -0.15) is 0 Å². The number of aliphatic hydroxyl groups excluding tert-OH is 1. The maximum atomic E-state index is 9.16. The zero-order valence-corrected chi connectivity index (χ0v) is 17.9. The van der Waals surface area contributed by atoms with Crippen molar-refractivity contribution in [3.63, 3.8) is 0 Å². The van der Waals surface area contributed by atoms with Crippen molar-refractivity contribution in [2.75, 3.05) is 19.0 Å². The molecule has 1 aromatic heterocycles. The summed E-state index contributed by atoms with van der Waals surface area (Å²) < 4.78 is 1.99. The Morgan fingerprint density at radius 1 is 1.29 bits per heavy atom. The first-order chi connectivity index (χ1) is 15.1. The second-order valence-corrected chi connectivity index (χ2v) is 7.71. The highest BCUT2D eigenvalue weighted by molar-refractivity contribution is 6.09. The number of fused-ring (bicyclic) bond motifs is 3. The van der Waals surface area contributed by atoms with E-state index in [0.29, 0.717) is 6.42 Å². The first-order valence-corrected chi connectivity index (χ1v) is 10.5. The van der Waals surface area contributed by atoms with Gasteiger partial charge in [0.2, 0.25) is 0 Å². The third-order valence-corrected chi connectivity index (χ3v) is 5.69. The number of aromatic nitrogens is 3. The van der Waals surface area contributed by atoms with Crippen LogP contribution in [0.5, 0.6) is 0 Å². The van der Waals surface area contributed by atoms with E-state index in [2.05, 4.69) is 63.1 Å². The molecule has 7 nitrogen and oxygen atoms in total. The molecular formula is C24H28N6O. The lowest BCUT2D eigenvalue weighted by molar-refractivity contribution is 0.299. The van der Waals surface area contributed by atoms with Crippen LogP contribution in [0.1, 0.15) is 34.8 Å². The van der Waals surface area contributed by atoms with E-state index in [1.807, 2.05) is 11.6 Å². The number of aliphatic hydroxyl groups is 1. The van der Waals surface area contributed by atoms with Gasteiger partial charge < -0.3 is 16.2 Å². The maximum Gasteiger partial charge on any atom is 0.0918 e. The van der Waals surface area contributed by atoms with Gasteiger partial charge in [0.1, 0.15) is 0 Å². The van der Waals surface area contributed by atoms with Crippen LogP contribution in [0.2, 0.25) is 0 Å². The fourth-order valence-corrected chi connectivity index (χ4v) is 4.14. The second kappa shape index (κ2) is 9.14. The Morgan fingerprint density at radius 2 is 2.10 bits per heavy atom. The number of hydrogen-bond donors (Lipinski definition) is 3. The molecule has 0 aliphatic carbocycles. The van der Waals surface area contributed by atoms with E-state index < -0.39 is 0 Å². The van der Waals surface area contributed by atoms with Gasteiger partial charge in [0.05, 0.1) is 17.4 Å². The summed E-state index contributed by atoms with van der Waals surface area (Å²) in [7, 11) is 1.74. The Morgan fingerprint density at radius 3 is 2.81 bits per heavy atom. The van der Waals surface area contributed by atoms with E-state index in [1.165, 1.54) is 5.56 Å². The molecule has 7 heteroatoms. The summed E-state index contributed by atoms with van der Waals surface area (Å²) in [5, 5.41) is 21.5. The molecule has 0 fully saturated rings. The molecule has 0 amide bonds. The van der Waals surface area contributed by atoms with Crippen molar-refractivity contribution >= 4 is 17.5 Å². The van der Waals surface area contributed by atoms with Crippen molar-refractivity contribution in [1.82, 2.24) is 15.0 Å². The molecule has 2 heterocycles. The standard InChI is InChI=1S/C24H28N6O/c1-16-24-21-8-5-18(19(14-25)15-26-2)13-22(21)23(9-11-30(24)29-28-16)27-20-6-3-17(4-7-20)10-12-31/h3-8,13-15,23,27,31H,9-12,25H2,1-2H3. The molecule has 0 bridgehead atoms. The van der Waals surface area contributed by atoms with Gasteiger partial charge in [-0.1, -0.05) is 29.5 Å². The largest absolute Gasteiger partial charge is 0.404 e. The minimum Gasteiger partial charge on any atom is -0.404 e. The van der Waals surface area contributed by atoms with Gasteiger partial charge in [0.15, 0.2) is 0 Å². The Balaban J connectivity index is 1.76. The molecule has 0 saturated carbocycles. The summed E-state index contributed by atoms with van der Waals surface area (Å²) in [6.45, 7) is 2.93. The van der Waals surface area contributed by atoms with Crippen LogP contribution in [0, 0.1) is 6.92 Å². The van der Waals surface area contributed by atoms with Gasteiger partial charge in [-0.3, -0.25) is 4.99 Å². The summed E-state index contributed by atoms with van der Waals surface area (Å²) >= 11 is 0. The van der Waals surface area contributed by atoms with Crippen LogP contribution in [0.25, 0.3) is 16.8 Å². The maximum absolute atomic E-state index is 9.16. The van der Waals surface area contributed by atoms with Gasteiger partial charge in [-0.25, -0.2) is 4.68 Å². The van der Waals surface area contributed by atoms with Gasteiger partial charge in [0.25, 0.3) is 0 Å². The SMILES string of the molecule is CN=CC(=CN)c1ccc2c(c1)C(Nc1ccc(CCO)cc1)CCn1nnc(C)c1-2. The Bertz CT molecular complexity index is 1110. The van der Waals surface area contributed by atoms with Gasteiger partial charge in [-0.05, 0) is 54.7 Å². The van der Waals surface area contributed by atoms with Crippen molar-refractivity contribution in [3.8, 4) is 11.3 Å². The number of aliphatic imine (C=N–C) groups is 1. The number of nitrogens with zero attached hydrogens (tertiary/aromatic N) is 4. The van der Waals surface area contributed by atoms with E-state index >= 15 is 0 Å². The lowest BCUT2D eigenvalue weighted by Crippen LogP contribution is -2.13. The van der Waals surface area contributed by atoms with E-state index in [9.17, 15) is 0 Å². The second-order valence-electron chi connectivity index (χ2n) is 7.71. The summed E-state index contributed by atoms with van der Waals surface area (Å²) in [5.41, 5.74) is 14.2. The minimum atomic E-state index is 0.0948. The third-order valence-electron chi connectivity index (χ3n) is 5.69. The number of benzene rings is 2. The fraction of sp³-hybridized carbons (Fsp3) is 0.292. The summed E-state index contributed by atoms with van der Waals surface area (Å²) in [5.74, 6) is 0. The quantitative estimate of drug-likeness (QED) is 0.535. The first-order valence-electron chi connectivity index (χ1n) is 10.5. The van der Waals surface area contributed by atoms with E-state index in [1.54, 1.807) is 19.5 Å². The third kappa shape index (κ3) is 4.22. The Hall–Kier alpha value is -3.45. The minimum absolute atomic E-state index is 0.0948. The van der Waals surface area contributed by atoms with Gasteiger partial charge >= 0.3 is 0 Å². The van der Waals surface area contributed by atoms with E-state index in [0.717, 1.165) is 52.3 Å². The van der Waals surface area contributed by atoms with Crippen LogP contribution < -0.4 is 11.1 Å². The molecule has 0 spiro atoms. The first kappa shape index (κ1) is 20.8. The highest BCUT2D eigenvalue weighted by Gasteiger charge is 2.25. The predicted molar refractivity (Wildman–Crippen MR) is 125 cm³/mol. The zero-order chi connectivity index (χ0) is 21.8. The number of aryl methyl sites for hydroxylation is 2. The number of rotatable bonds is 6. The summed E-state index contributed by atoms with van der Waals surface area (Å²) in [6.07, 6.45) is 4.90. The summed E-state index contributed by atoms with van der Waals surface area (Å²) in [4.78, 5) is 4.13. The lowest BCUT2D eigenvalue weighted by atomic mass is 9.92. The molecule has 0 saturated heterocycles. The molecule has 4 N–H and O–H groups in total. The Kier molecular flexibility index (Phi) is 6.13. The molecule has 1 aliphatic heterocycles. The lowest BCUT2D eigenvalue weighted by Gasteiger charge is -2.22. The summed E-state index contributed by atoms with van der Waals surface area (Å²) in [6, 6.07) is 14.7. The predicted octanol–water partition coefficient (Wildman–Crippen LogP) is 3.35. The smallest absolute Gasteiger partial charge is 0.0918 e. The van der Waals surface area contributed by atoms with Crippen LogP contribution in [0.3, 0.4) is 0 Å². The van der Waals surface area contributed by atoms with Gasteiger partial charge in [0, 0.05) is 49.4 Å². The molecule has 1 unspecified atom stereocenters. The molecular weight excluding hydrogens is 388 g/mol. The van der Waals surface area contributed by atoms with Crippen LogP contribution >= 0.6 is 0 Å².